The summed E-state index contributed by atoms with van der Waals surface area (Å²) in [5.74, 6) is 0. The summed E-state index contributed by atoms with van der Waals surface area (Å²) < 4.78 is 16.3. The van der Waals surface area contributed by atoms with Crippen molar-refractivity contribution in [1.82, 2.24) is 0 Å². The van der Waals surface area contributed by atoms with Gasteiger partial charge in [0.15, 0.2) is 0 Å². The molecule has 0 saturated heterocycles. The molecular weight excluding hydrogens is 214 g/mol. The molecule has 0 bridgehead atoms. The molecule has 1 nitrogen and oxygen atoms in total. The van der Waals surface area contributed by atoms with Crippen molar-refractivity contribution < 1.29 is 2.74 Å². The first-order valence-electron chi connectivity index (χ1n) is 4.54. The number of hydrogen-bond donors (Lipinski definition) is 1. The Morgan fingerprint density at radius 2 is 1.83 bits per heavy atom. The highest BCUT2D eigenvalue weighted by Crippen LogP contribution is 2.21. The molecule has 0 spiro atoms. The van der Waals surface area contributed by atoms with Crippen molar-refractivity contribution in [1.29, 1.82) is 0 Å². The minimum atomic E-state index is 0.356. The van der Waals surface area contributed by atoms with E-state index >= 15 is 0 Å². The Balaban J connectivity index is 2.94. The van der Waals surface area contributed by atoms with Crippen LogP contribution < -0.4 is 5.73 Å². The maximum atomic E-state index is 7.73. The molecule has 0 unspecified atom stereocenters. The van der Waals surface area contributed by atoms with Crippen molar-refractivity contribution in [3.63, 3.8) is 0 Å². The van der Waals surface area contributed by atoms with Crippen LogP contribution in [0.25, 0.3) is 10.8 Å². The van der Waals surface area contributed by atoms with Crippen LogP contribution in [-0.2, 0) is 0 Å². The third kappa shape index (κ3) is 1.30. The Hall–Kier alpha value is -1.02. The molecule has 60 valence electrons. The van der Waals surface area contributed by atoms with E-state index in [2.05, 4.69) is 15.9 Å². The highest BCUT2D eigenvalue weighted by molar-refractivity contribution is 9.10. The van der Waals surface area contributed by atoms with Gasteiger partial charge in [-0.05, 0) is 35.0 Å². The predicted molar refractivity (Wildman–Crippen MR) is 56.1 cm³/mol. The van der Waals surface area contributed by atoms with Crippen LogP contribution in [0.3, 0.4) is 0 Å². The van der Waals surface area contributed by atoms with Crippen molar-refractivity contribution in [2.45, 2.75) is 0 Å². The molecule has 2 rings (SSSR count). The van der Waals surface area contributed by atoms with Crippen molar-refractivity contribution in [3.05, 3.63) is 40.8 Å². The predicted octanol–water partition coefficient (Wildman–Crippen LogP) is 3.18. The van der Waals surface area contributed by atoms with E-state index in [4.69, 9.17) is 8.48 Å². The molecule has 2 heteroatoms. The number of nitrogen functional groups attached to an aromatic ring is 1. The average Bonchev–Trinajstić information content (AvgIpc) is 2.07. The summed E-state index contributed by atoms with van der Waals surface area (Å²) in [6.07, 6.45) is 0. The molecule has 0 aliphatic heterocycles. The number of anilines is 1. The van der Waals surface area contributed by atoms with E-state index in [-0.39, 0.29) is 0 Å². The maximum absolute atomic E-state index is 7.73. The molecule has 0 heterocycles. The van der Waals surface area contributed by atoms with E-state index in [9.17, 15) is 0 Å². The number of nitrogens with two attached hydrogens (primary N) is 1. The van der Waals surface area contributed by atoms with Crippen LogP contribution in [-0.4, -0.2) is 0 Å². The van der Waals surface area contributed by atoms with Gasteiger partial charge in [0.05, 0.1) is 2.74 Å². The number of benzene rings is 2. The zero-order valence-electron chi connectivity index (χ0n) is 8.26. The second kappa shape index (κ2) is 2.79. The molecule has 0 fully saturated rings. The molecule has 0 aromatic heterocycles. The van der Waals surface area contributed by atoms with Gasteiger partial charge >= 0.3 is 0 Å². The van der Waals surface area contributed by atoms with Crippen molar-refractivity contribution in [2.24, 2.45) is 0 Å². The van der Waals surface area contributed by atoms with Crippen LogP contribution in [0, 0.1) is 0 Å². The van der Waals surface area contributed by atoms with Gasteiger partial charge in [0, 0.05) is 10.2 Å². The molecule has 2 aromatic carbocycles. The first kappa shape index (κ1) is 5.60. The van der Waals surface area contributed by atoms with Crippen LogP contribution >= 0.6 is 15.9 Å². The van der Waals surface area contributed by atoms with Gasteiger partial charge in [-0.3, -0.25) is 0 Å². The Morgan fingerprint density at radius 3 is 2.67 bits per heavy atom. The molecule has 0 aliphatic carbocycles. The fourth-order valence-corrected chi connectivity index (χ4v) is 1.43. The second-order valence-electron chi connectivity index (χ2n) is 2.58. The highest BCUT2D eigenvalue weighted by Gasteiger charge is 1.93. The number of fused-ring (bicyclic) bond motifs is 1. The molecule has 2 aromatic rings. The van der Waals surface area contributed by atoms with Crippen LogP contribution in [0.1, 0.15) is 2.74 Å². The van der Waals surface area contributed by atoms with Gasteiger partial charge in [-0.1, -0.05) is 28.0 Å². The van der Waals surface area contributed by atoms with Gasteiger partial charge in [0.1, 0.15) is 0 Å². The topological polar surface area (TPSA) is 26.0 Å². The zero-order valence-corrected chi connectivity index (χ0v) is 7.85. The SMILES string of the molecule is [2H]c1cc(Br)cc2c([2H])cc(N)cc12. The lowest BCUT2D eigenvalue weighted by atomic mass is 10.1. The largest absolute Gasteiger partial charge is 0.399 e. The van der Waals surface area contributed by atoms with E-state index in [1.807, 2.05) is 6.07 Å². The summed E-state index contributed by atoms with van der Waals surface area (Å²) in [7, 11) is 0. The van der Waals surface area contributed by atoms with Gasteiger partial charge < -0.3 is 5.73 Å². The lowest BCUT2D eigenvalue weighted by molar-refractivity contribution is 1.69. The van der Waals surface area contributed by atoms with Gasteiger partial charge in [0.25, 0.3) is 0 Å². The van der Waals surface area contributed by atoms with E-state index in [0.29, 0.717) is 17.8 Å². The molecule has 0 aliphatic rings. The Morgan fingerprint density at radius 1 is 1.17 bits per heavy atom. The summed E-state index contributed by atoms with van der Waals surface area (Å²) in [4.78, 5) is 0. The highest BCUT2D eigenvalue weighted by atomic mass is 79.9. The van der Waals surface area contributed by atoms with Crippen molar-refractivity contribution in [2.75, 3.05) is 5.73 Å². The average molecular weight is 224 g/mol. The first-order valence-corrected chi connectivity index (χ1v) is 4.33. The number of halogens is 1. The standard InChI is InChI=1S/C10H8BrN/c11-9-3-1-8-6-10(12)4-2-7(8)5-9/h1-6H,12H2/i1D,2D. The lowest BCUT2D eigenvalue weighted by Crippen LogP contribution is -1.83. The fraction of sp³-hybridized carbons (Fsp3) is 0. The minimum absolute atomic E-state index is 0.356. The first-order chi connectivity index (χ1) is 6.58. The third-order valence-corrected chi connectivity index (χ3v) is 2.10. The summed E-state index contributed by atoms with van der Waals surface area (Å²) >= 11 is 3.30. The van der Waals surface area contributed by atoms with Crippen LogP contribution in [0.15, 0.2) is 40.8 Å². The van der Waals surface area contributed by atoms with E-state index < -0.39 is 0 Å². The van der Waals surface area contributed by atoms with Gasteiger partial charge in [0.2, 0.25) is 0 Å². The normalized spacial score (nSPS) is 12.8. The molecule has 0 saturated carbocycles. The van der Waals surface area contributed by atoms with Gasteiger partial charge in [-0.15, -0.1) is 0 Å². The molecular formula is C10H8BrN. The number of rotatable bonds is 0. The zero-order chi connectivity index (χ0) is 10.3. The third-order valence-electron chi connectivity index (χ3n) is 1.64. The molecule has 0 radical (unpaired) electrons. The second-order valence-corrected chi connectivity index (χ2v) is 3.49. The van der Waals surface area contributed by atoms with E-state index in [0.717, 1.165) is 15.2 Å². The maximum Gasteiger partial charge on any atom is 0.0630 e. The van der Waals surface area contributed by atoms with Crippen LogP contribution in [0.4, 0.5) is 5.69 Å². The summed E-state index contributed by atoms with van der Waals surface area (Å²) in [6.45, 7) is 0. The van der Waals surface area contributed by atoms with E-state index in [1.165, 1.54) is 0 Å². The minimum Gasteiger partial charge on any atom is -0.399 e. The lowest BCUT2D eigenvalue weighted by Gasteiger charge is -1.99. The van der Waals surface area contributed by atoms with E-state index in [1.54, 1.807) is 18.2 Å². The Labute approximate surface area is 82.1 Å². The van der Waals surface area contributed by atoms with Crippen LogP contribution in [0.5, 0.6) is 0 Å². The summed E-state index contributed by atoms with van der Waals surface area (Å²) in [6, 6.07) is 7.58. The van der Waals surface area contributed by atoms with Crippen LogP contribution in [0.2, 0.25) is 0 Å². The monoisotopic (exact) mass is 223 g/mol. The summed E-state index contributed by atoms with van der Waals surface area (Å²) in [5.41, 5.74) is 6.14. The van der Waals surface area contributed by atoms with Gasteiger partial charge in [-0.2, -0.15) is 0 Å². The molecule has 0 amide bonds. The summed E-state index contributed by atoms with van der Waals surface area (Å²) in [5, 5.41) is 1.47. The Bertz CT molecular complexity index is 464. The van der Waals surface area contributed by atoms with Crippen molar-refractivity contribution in [3.8, 4) is 0 Å². The molecule has 0 atom stereocenters. The van der Waals surface area contributed by atoms with Gasteiger partial charge in [-0.25, -0.2) is 0 Å². The quantitative estimate of drug-likeness (QED) is 0.683. The van der Waals surface area contributed by atoms with Crippen molar-refractivity contribution >= 4 is 32.4 Å². The smallest absolute Gasteiger partial charge is 0.0630 e. The molecule has 12 heavy (non-hydrogen) atoms. The Kier molecular flexibility index (Phi) is 1.30. The fourth-order valence-electron chi connectivity index (χ4n) is 1.09. The molecule has 2 N–H and O–H groups in total. The number of hydrogen-bond acceptors (Lipinski definition) is 1.